The number of hydrogen-bond donors (Lipinski definition) is 1. The molecule has 0 aromatic heterocycles. The summed E-state index contributed by atoms with van der Waals surface area (Å²) in [7, 11) is -2.31. The van der Waals surface area contributed by atoms with Gasteiger partial charge in [0, 0.05) is 26.1 Å². The summed E-state index contributed by atoms with van der Waals surface area (Å²) in [5, 5.41) is 2.75. The van der Waals surface area contributed by atoms with E-state index < -0.39 is 15.8 Å². The standard InChI is InChI=1S/C19H21FN2O4S/c1-13(23)21-16-8-9-22(12-16)27(24,25)17-5-3-4-14(10-17)15-6-7-19(26-2)18(20)11-15/h3-7,10-11,16H,8-9,12H2,1-2H3,(H,21,23). The molecular weight excluding hydrogens is 371 g/mol. The summed E-state index contributed by atoms with van der Waals surface area (Å²) >= 11 is 0. The van der Waals surface area contributed by atoms with Crippen molar-refractivity contribution >= 4 is 15.9 Å². The molecule has 8 heteroatoms. The number of carbonyl (C=O) groups excluding carboxylic acids is 1. The van der Waals surface area contributed by atoms with Crippen LogP contribution in [0.4, 0.5) is 4.39 Å². The van der Waals surface area contributed by atoms with Gasteiger partial charge in [-0.1, -0.05) is 18.2 Å². The fourth-order valence-electron chi connectivity index (χ4n) is 3.18. The van der Waals surface area contributed by atoms with Crippen LogP contribution in [0.5, 0.6) is 5.75 Å². The maximum absolute atomic E-state index is 14.0. The summed E-state index contributed by atoms with van der Waals surface area (Å²) in [6, 6.07) is 10.7. The van der Waals surface area contributed by atoms with Crippen LogP contribution >= 0.6 is 0 Å². The summed E-state index contributed by atoms with van der Waals surface area (Å²) in [6.07, 6.45) is 0.572. The molecule has 3 rings (SSSR count). The number of methoxy groups -OCH3 is 1. The zero-order valence-corrected chi connectivity index (χ0v) is 15.9. The minimum absolute atomic E-state index is 0.128. The Kier molecular flexibility index (Phi) is 5.48. The predicted molar refractivity (Wildman–Crippen MR) is 99.4 cm³/mol. The minimum Gasteiger partial charge on any atom is -0.494 e. The monoisotopic (exact) mass is 392 g/mol. The second-order valence-corrected chi connectivity index (χ2v) is 8.36. The molecule has 0 bridgehead atoms. The van der Waals surface area contributed by atoms with Crippen LogP contribution in [0.1, 0.15) is 13.3 Å². The van der Waals surface area contributed by atoms with Gasteiger partial charge in [0.2, 0.25) is 15.9 Å². The van der Waals surface area contributed by atoms with Crippen LogP contribution in [-0.2, 0) is 14.8 Å². The van der Waals surface area contributed by atoms with Crippen molar-refractivity contribution in [2.75, 3.05) is 20.2 Å². The van der Waals surface area contributed by atoms with Gasteiger partial charge < -0.3 is 10.1 Å². The zero-order chi connectivity index (χ0) is 19.6. The topological polar surface area (TPSA) is 75.7 Å². The fourth-order valence-corrected chi connectivity index (χ4v) is 4.73. The van der Waals surface area contributed by atoms with E-state index >= 15 is 0 Å². The second-order valence-electron chi connectivity index (χ2n) is 6.43. The van der Waals surface area contributed by atoms with E-state index in [0.29, 0.717) is 24.1 Å². The fraction of sp³-hybridized carbons (Fsp3) is 0.316. The van der Waals surface area contributed by atoms with Gasteiger partial charge in [-0.25, -0.2) is 12.8 Å². The highest BCUT2D eigenvalue weighted by Gasteiger charge is 2.33. The van der Waals surface area contributed by atoms with Crippen molar-refractivity contribution in [3.63, 3.8) is 0 Å². The molecule has 2 aromatic carbocycles. The molecule has 0 saturated carbocycles. The smallest absolute Gasteiger partial charge is 0.243 e. The highest BCUT2D eigenvalue weighted by atomic mass is 32.2. The molecule has 1 saturated heterocycles. The van der Waals surface area contributed by atoms with Crippen LogP contribution in [0.2, 0.25) is 0 Å². The summed E-state index contributed by atoms with van der Waals surface area (Å²) in [4.78, 5) is 11.3. The molecule has 1 unspecified atom stereocenters. The maximum Gasteiger partial charge on any atom is 0.243 e. The number of amides is 1. The number of nitrogens with zero attached hydrogens (tertiary/aromatic N) is 1. The summed E-state index contributed by atoms with van der Waals surface area (Å²) in [5.74, 6) is -0.563. The third kappa shape index (κ3) is 4.12. The van der Waals surface area contributed by atoms with Crippen LogP contribution in [0.25, 0.3) is 11.1 Å². The highest BCUT2D eigenvalue weighted by Crippen LogP contribution is 2.29. The number of rotatable bonds is 5. The molecule has 0 aliphatic carbocycles. The number of halogens is 1. The van der Waals surface area contributed by atoms with Gasteiger partial charge in [0.15, 0.2) is 11.6 Å². The lowest BCUT2D eigenvalue weighted by molar-refractivity contribution is -0.119. The first kappa shape index (κ1) is 19.3. The SMILES string of the molecule is COc1ccc(-c2cccc(S(=O)(=O)N3CCC(NC(C)=O)C3)c2)cc1F. The Hall–Kier alpha value is -2.45. The number of hydrogen-bond acceptors (Lipinski definition) is 4. The first-order valence-electron chi connectivity index (χ1n) is 8.52. The molecule has 1 aliphatic heterocycles. The summed E-state index contributed by atoms with van der Waals surface area (Å²) in [6.45, 7) is 1.99. The first-order chi connectivity index (χ1) is 12.8. The van der Waals surface area contributed by atoms with Gasteiger partial charge in [-0.2, -0.15) is 4.31 Å². The van der Waals surface area contributed by atoms with E-state index in [1.54, 1.807) is 18.2 Å². The van der Waals surface area contributed by atoms with Crippen LogP contribution < -0.4 is 10.1 Å². The number of nitrogens with one attached hydrogen (secondary N) is 1. The van der Waals surface area contributed by atoms with Gasteiger partial charge in [0.1, 0.15) is 0 Å². The largest absolute Gasteiger partial charge is 0.494 e. The van der Waals surface area contributed by atoms with Crippen molar-refractivity contribution in [2.24, 2.45) is 0 Å². The molecule has 27 heavy (non-hydrogen) atoms. The molecular formula is C19H21FN2O4S. The van der Waals surface area contributed by atoms with Gasteiger partial charge in [0.05, 0.1) is 12.0 Å². The Morgan fingerprint density at radius 2 is 1.96 bits per heavy atom. The van der Waals surface area contributed by atoms with E-state index in [4.69, 9.17) is 4.74 Å². The Morgan fingerprint density at radius 3 is 2.63 bits per heavy atom. The van der Waals surface area contributed by atoms with Crippen molar-refractivity contribution in [1.82, 2.24) is 9.62 Å². The maximum atomic E-state index is 14.0. The Balaban J connectivity index is 1.87. The van der Waals surface area contributed by atoms with Crippen molar-refractivity contribution in [2.45, 2.75) is 24.3 Å². The van der Waals surface area contributed by atoms with Crippen LogP contribution in [0.15, 0.2) is 47.4 Å². The Morgan fingerprint density at radius 1 is 1.22 bits per heavy atom. The molecule has 1 atom stereocenters. The number of benzene rings is 2. The van der Waals surface area contributed by atoms with Crippen LogP contribution in [0, 0.1) is 5.82 Å². The lowest BCUT2D eigenvalue weighted by Crippen LogP contribution is -2.37. The molecule has 1 heterocycles. The molecule has 1 N–H and O–H groups in total. The number of ether oxygens (including phenoxy) is 1. The number of sulfonamides is 1. The third-order valence-corrected chi connectivity index (χ3v) is 6.38. The summed E-state index contributed by atoms with van der Waals surface area (Å²) in [5.41, 5.74) is 1.15. The molecule has 0 spiro atoms. The second kappa shape index (κ2) is 7.66. The average Bonchev–Trinajstić information content (AvgIpc) is 3.10. The van der Waals surface area contributed by atoms with E-state index in [2.05, 4.69) is 5.32 Å². The van der Waals surface area contributed by atoms with E-state index in [-0.39, 0.29) is 29.1 Å². The normalized spacial score (nSPS) is 17.7. The van der Waals surface area contributed by atoms with Crippen LogP contribution in [0.3, 0.4) is 0 Å². The quantitative estimate of drug-likeness (QED) is 0.848. The van der Waals surface area contributed by atoms with E-state index in [1.165, 1.54) is 42.6 Å². The average molecular weight is 392 g/mol. The molecule has 6 nitrogen and oxygen atoms in total. The molecule has 1 amide bonds. The molecule has 2 aromatic rings. The Bertz CT molecular complexity index is 962. The zero-order valence-electron chi connectivity index (χ0n) is 15.1. The van der Waals surface area contributed by atoms with Gasteiger partial charge in [-0.05, 0) is 41.8 Å². The Labute approximate surface area is 158 Å². The molecule has 144 valence electrons. The molecule has 1 fully saturated rings. The molecule has 1 aliphatic rings. The van der Waals surface area contributed by atoms with Crippen molar-refractivity contribution in [3.05, 3.63) is 48.3 Å². The summed E-state index contributed by atoms with van der Waals surface area (Å²) < 4.78 is 46.1. The predicted octanol–water partition coefficient (Wildman–Crippen LogP) is 2.40. The first-order valence-corrected chi connectivity index (χ1v) is 9.96. The van der Waals surface area contributed by atoms with Gasteiger partial charge >= 0.3 is 0 Å². The van der Waals surface area contributed by atoms with Gasteiger partial charge in [-0.3, -0.25) is 4.79 Å². The lowest BCUT2D eigenvalue weighted by atomic mass is 10.1. The number of carbonyl (C=O) groups is 1. The van der Waals surface area contributed by atoms with Crippen molar-refractivity contribution < 1.29 is 22.3 Å². The van der Waals surface area contributed by atoms with E-state index in [9.17, 15) is 17.6 Å². The third-order valence-electron chi connectivity index (χ3n) is 4.52. The van der Waals surface area contributed by atoms with Crippen molar-refractivity contribution in [3.8, 4) is 16.9 Å². The van der Waals surface area contributed by atoms with Crippen molar-refractivity contribution in [1.29, 1.82) is 0 Å². The lowest BCUT2D eigenvalue weighted by Gasteiger charge is -2.17. The van der Waals surface area contributed by atoms with E-state index in [0.717, 1.165) is 0 Å². The van der Waals surface area contributed by atoms with Crippen LogP contribution in [-0.4, -0.2) is 44.9 Å². The highest BCUT2D eigenvalue weighted by molar-refractivity contribution is 7.89. The van der Waals surface area contributed by atoms with Gasteiger partial charge in [-0.15, -0.1) is 0 Å². The molecule has 0 radical (unpaired) electrons. The minimum atomic E-state index is -3.70. The van der Waals surface area contributed by atoms with E-state index in [1.807, 2.05) is 0 Å². The van der Waals surface area contributed by atoms with Gasteiger partial charge in [0.25, 0.3) is 0 Å².